The molecule has 0 aromatic carbocycles. The number of anilines is 1. The summed E-state index contributed by atoms with van der Waals surface area (Å²) in [5, 5.41) is 9.16. The normalized spacial score (nSPS) is 23.4. The van der Waals surface area contributed by atoms with Crippen molar-refractivity contribution in [1.82, 2.24) is 24.7 Å². The minimum absolute atomic E-state index is 0.0454. The number of nitrogens with zero attached hydrogens (tertiary/aromatic N) is 7. The molecule has 2 atom stereocenters. The van der Waals surface area contributed by atoms with Gasteiger partial charge in [-0.15, -0.1) is 0 Å². The number of piperazine rings is 1. The summed E-state index contributed by atoms with van der Waals surface area (Å²) in [6.07, 6.45) is 23.9. The first-order chi connectivity index (χ1) is 26.7. The van der Waals surface area contributed by atoms with Crippen LogP contribution in [0.4, 0.5) is 5.82 Å². The van der Waals surface area contributed by atoms with E-state index in [4.69, 9.17) is 20.0 Å². The van der Waals surface area contributed by atoms with Gasteiger partial charge in [-0.25, -0.2) is 0 Å². The lowest BCUT2D eigenvalue weighted by Crippen LogP contribution is -2.55. The van der Waals surface area contributed by atoms with Crippen molar-refractivity contribution >= 4 is 24.4 Å². The molecule has 0 radical (unpaired) electrons. The summed E-state index contributed by atoms with van der Waals surface area (Å²) in [6, 6.07) is 3.19. The average Bonchev–Trinajstić information content (AvgIpc) is 3.42. The van der Waals surface area contributed by atoms with E-state index in [1.165, 1.54) is 59.6 Å². The van der Waals surface area contributed by atoms with Gasteiger partial charge in [0.2, 0.25) is 5.91 Å². The molecule has 2 fully saturated rings. The van der Waals surface area contributed by atoms with Gasteiger partial charge in [-0.3, -0.25) is 4.79 Å². The van der Waals surface area contributed by atoms with Crippen LogP contribution in [0, 0.1) is 11.3 Å². The Kier molecular flexibility index (Phi) is 22.7. The third-order valence-corrected chi connectivity index (χ3v) is 10.8. The molecule has 1 aromatic rings. The number of ether oxygens (including phenoxy) is 1. The summed E-state index contributed by atoms with van der Waals surface area (Å²) >= 11 is 3.53. The van der Waals surface area contributed by atoms with E-state index in [1.807, 2.05) is 24.8 Å². The number of nitriles is 1. The zero-order chi connectivity index (χ0) is 40.8. The number of amides is 1. The SMILES string of the molecule is C=CC(=O)N1CCN(c2nc(OCC[C@@H]3CCCCCN3C)nc3c2CCN(C)C3)CC1CCC#N.C=CC1=C(\C(C)=C/C)CC\C(C)=C/C=C\1.CC.CS. The van der Waals surface area contributed by atoms with Gasteiger partial charge < -0.3 is 24.3 Å². The molecule has 1 unspecified atom stereocenters. The van der Waals surface area contributed by atoms with Gasteiger partial charge in [0.15, 0.2) is 0 Å². The lowest BCUT2D eigenvalue weighted by atomic mass is 9.92. The molecule has 9 nitrogen and oxygen atoms in total. The number of hydrogen-bond donors (Lipinski definition) is 1. The van der Waals surface area contributed by atoms with Crippen LogP contribution in [0.3, 0.4) is 0 Å². The predicted molar refractivity (Wildman–Crippen MR) is 235 cm³/mol. The molecule has 4 aliphatic rings. The topological polar surface area (TPSA) is 88.8 Å². The van der Waals surface area contributed by atoms with Gasteiger partial charge in [-0.05, 0) is 110 Å². The predicted octanol–water partition coefficient (Wildman–Crippen LogP) is 8.92. The number of fused-ring (bicyclic) bond motifs is 1. The van der Waals surface area contributed by atoms with E-state index in [-0.39, 0.29) is 11.9 Å². The molecule has 0 saturated carbocycles. The quantitative estimate of drug-likeness (QED) is 0.186. The Labute approximate surface area is 340 Å². The van der Waals surface area contributed by atoms with Crippen LogP contribution in [-0.4, -0.2) is 102 Å². The molecule has 55 heavy (non-hydrogen) atoms. The Morgan fingerprint density at radius 1 is 1.04 bits per heavy atom. The maximum Gasteiger partial charge on any atom is 0.318 e. The highest BCUT2D eigenvalue weighted by atomic mass is 32.1. The number of likely N-dealkylation sites (N-methyl/N-ethyl adjacent to an activating group) is 1. The Morgan fingerprint density at radius 2 is 1.80 bits per heavy atom. The van der Waals surface area contributed by atoms with Crippen molar-refractivity contribution in [2.24, 2.45) is 0 Å². The smallest absolute Gasteiger partial charge is 0.318 e. The molecule has 1 amide bonds. The van der Waals surface area contributed by atoms with E-state index in [9.17, 15) is 4.79 Å². The van der Waals surface area contributed by atoms with E-state index < -0.39 is 0 Å². The molecule has 1 aromatic heterocycles. The van der Waals surface area contributed by atoms with Gasteiger partial charge in [0, 0.05) is 50.7 Å². The van der Waals surface area contributed by atoms with Crippen molar-refractivity contribution in [3.63, 3.8) is 0 Å². The Morgan fingerprint density at radius 3 is 2.49 bits per heavy atom. The molecule has 4 heterocycles. The van der Waals surface area contributed by atoms with Crippen molar-refractivity contribution in [3.05, 3.63) is 83.2 Å². The van der Waals surface area contributed by atoms with Crippen molar-refractivity contribution in [2.45, 2.75) is 117 Å². The molecule has 0 bridgehead atoms. The maximum atomic E-state index is 12.5. The number of aromatic nitrogens is 2. The second-order valence-corrected chi connectivity index (χ2v) is 14.4. The van der Waals surface area contributed by atoms with E-state index >= 15 is 0 Å². The molecule has 304 valence electrons. The first-order valence-electron chi connectivity index (χ1n) is 20.4. The van der Waals surface area contributed by atoms with Crippen LogP contribution in [0.1, 0.15) is 104 Å². The van der Waals surface area contributed by atoms with Crippen molar-refractivity contribution in [2.75, 3.05) is 64.6 Å². The molecular formula is C45H71N7O2S. The van der Waals surface area contributed by atoms with E-state index in [0.29, 0.717) is 51.1 Å². The number of allylic oxidation sites excluding steroid dienone is 9. The fourth-order valence-electron chi connectivity index (χ4n) is 7.51. The zero-order valence-corrected chi connectivity index (χ0v) is 36.3. The summed E-state index contributed by atoms with van der Waals surface area (Å²) in [5.41, 5.74) is 7.71. The maximum absolute atomic E-state index is 12.5. The number of thiol groups is 1. The Bertz CT molecular complexity index is 1540. The van der Waals surface area contributed by atoms with Gasteiger partial charge in [0.05, 0.1) is 24.4 Å². The highest BCUT2D eigenvalue weighted by molar-refractivity contribution is 7.79. The Hall–Kier alpha value is -3.65. The van der Waals surface area contributed by atoms with Crippen LogP contribution in [0.2, 0.25) is 0 Å². The fraction of sp³-hybridized carbons (Fsp3) is 0.600. The number of hydrogen-bond acceptors (Lipinski definition) is 9. The standard InChI is InChI=1S/C27H41N7O2.C15H20.C2H6.CH4S/c1-4-25(35)34-17-16-33(19-22(34)10-8-13-28)26-23-11-15-31(2)20-24(23)29-27(30-26)36-18-12-21-9-6-5-7-14-32(21)3;1-5-13(4)15-11-10-12(3)8-7-9-14(15)6-2;2*1-2/h4,21-22H,1,5-12,14-20H2,2-3H3;5-9H,2,10-11H2,1,3-4H3;1-2H3;2H,1H3/b;9-7-,12-8-,13-5-,15-14+;;/t21-,22?;;;/m0.../s1. The molecule has 2 saturated heterocycles. The van der Waals surface area contributed by atoms with Crippen LogP contribution in [0.15, 0.2) is 71.9 Å². The second kappa shape index (κ2) is 26.2. The summed E-state index contributed by atoms with van der Waals surface area (Å²) in [4.78, 5) is 31.1. The van der Waals surface area contributed by atoms with E-state index in [2.05, 4.69) is 106 Å². The molecule has 1 aliphatic carbocycles. The summed E-state index contributed by atoms with van der Waals surface area (Å²) in [5.74, 6) is 0.860. The van der Waals surface area contributed by atoms with Gasteiger partial charge in [-0.2, -0.15) is 27.9 Å². The molecular weight excluding hydrogens is 703 g/mol. The molecule has 5 rings (SSSR count). The highest BCUT2D eigenvalue weighted by Gasteiger charge is 2.32. The number of rotatable bonds is 10. The minimum Gasteiger partial charge on any atom is -0.463 e. The van der Waals surface area contributed by atoms with Gasteiger partial charge >= 0.3 is 6.01 Å². The van der Waals surface area contributed by atoms with E-state index in [0.717, 1.165) is 56.8 Å². The average molecular weight is 774 g/mol. The van der Waals surface area contributed by atoms with Crippen molar-refractivity contribution < 1.29 is 9.53 Å². The first-order valence-corrected chi connectivity index (χ1v) is 21.3. The lowest BCUT2D eigenvalue weighted by Gasteiger charge is -2.42. The van der Waals surface area contributed by atoms with Gasteiger partial charge in [0.1, 0.15) is 5.82 Å². The fourth-order valence-corrected chi connectivity index (χ4v) is 7.51. The summed E-state index contributed by atoms with van der Waals surface area (Å²) in [7, 11) is 4.34. The zero-order valence-electron chi connectivity index (χ0n) is 35.4. The van der Waals surface area contributed by atoms with Crippen LogP contribution in [0.5, 0.6) is 6.01 Å². The lowest BCUT2D eigenvalue weighted by molar-refractivity contribution is -0.128. The van der Waals surface area contributed by atoms with Crippen molar-refractivity contribution in [1.29, 1.82) is 5.26 Å². The molecule has 0 N–H and O–H groups in total. The van der Waals surface area contributed by atoms with E-state index in [1.54, 1.807) is 6.26 Å². The minimum atomic E-state index is -0.0727. The molecule has 10 heteroatoms. The van der Waals surface area contributed by atoms with Crippen LogP contribution in [-0.2, 0) is 17.8 Å². The third-order valence-electron chi connectivity index (χ3n) is 10.8. The van der Waals surface area contributed by atoms with Gasteiger partial charge in [0.25, 0.3) is 0 Å². The number of carbonyl (C=O) groups is 1. The summed E-state index contributed by atoms with van der Waals surface area (Å²) in [6.45, 7) is 23.4. The second-order valence-electron chi connectivity index (χ2n) is 14.4. The van der Waals surface area contributed by atoms with Crippen LogP contribution < -0.4 is 9.64 Å². The molecule has 0 spiro atoms. The Balaban J connectivity index is 0.000000460. The van der Waals surface area contributed by atoms with Crippen LogP contribution in [0.25, 0.3) is 0 Å². The third kappa shape index (κ3) is 14.7. The monoisotopic (exact) mass is 774 g/mol. The first kappa shape index (κ1) is 47.5. The molecule has 3 aliphatic heterocycles. The largest absolute Gasteiger partial charge is 0.463 e. The highest BCUT2D eigenvalue weighted by Crippen LogP contribution is 2.31. The summed E-state index contributed by atoms with van der Waals surface area (Å²) < 4.78 is 6.18. The van der Waals surface area contributed by atoms with Crippen LogP contribution >= 0.6 is 12.6 Å². The van der Waals surface area contributed by atoms with Crippen molar-refractivity contribution in [3.8, 4) is 12.1 Å². The number of likely N-dealkylation sites (tertiary alicyclic amines) is 1. The van der Waals surface area contributed by atoms with Gasteiger partial charge in [-0.1, -0.05) is 81.4 Å². The number of carbonyl (C=O) groups excluding carboxylic acids is 1.